The summed E-state index contributed by atoms with van der Waals surface area (Å²) in [4.78, 5) is 2.19. The Labute approximate surface area is 129 Å². The predicted octanol–water partition coefficient (Wildman–Crippen LogP) is 1.82. The van der Waals surface area contributed by atoms with Gasteiger partial charge in [0, 0.05) is 37.2 Å². The fraction of sp³-hybridized carbons (Fsp3) is 0.600. The molecule has 118 valence electrons. The van der Waals surface area contributed by atoms with Crippen LogP contribution in [0.3, 0.4) is 0 Å². The molecule has 0 radical (unpaired) electrons. The second-order valence-corrected chi connectivity index (χ2v) is 5.77. The van der Waals surface area contributed by atoms with Gasteiger partial charge in [-0.2, -0.15) is 0 Å². The quantitative estimate of drug-likeness (QED) is 0.840. The van der Waals surface area contributed by atoms with Gasteiger partial charge < -0.3 is 15.2 Å². The third-order valence-electron chi connectivity index (χ3n) is 3.66. The van der Waals surface area contributed by atoms with E-state index in [0.717, 1.165) is 31.9 Å². The van der Waals surface area contributed by atoms with Gasteiger partial charge in [0.25, 0.3) is 0 Å². The molecule has 4 nitrogen and oxygen atoms in total. The Kier molecular flexibility index (Phi) is 6.39. The summed E-state index contributed by atoms with van der Waals surface area (Å²) in [5.74, 6) is -0.344. The summed E-state index contributed by atoms with van der Waals surface area (Å²) < 4.78 is 18.3. The van der Waals surface area contributed by atoms with Gasteiger partial charge in [-0.3, -0.25) is 4.90 Å². The molecule has 2 unspecified atom stereocenters. The Morgan fingerprint density at radius 3 is 2.81 bits per heavy atom. The van der Waals surface area contributed by atoms with Crippen molar-refractivity contribution >= 4 is 11.6 Å². The van der Waals surface area contributed by atoms with E-state index in [0.29, 0.717) is 18.1 Å². The summed E-state index contributed by atoms with van der Waals surface area (Å²) in [5.41, 5.74) is 0.830. The highest BCUT2D eigenvalue weighted by Crippen LogP contribution is 2.23. The Hall–Kier alpha value is -0.720. The van der Waals surface area contributed by atoms with Crippen LogP contribution in [0.25, 0.3) is 0 Å². The van der Waals surface area contributed by atoms with E-state index in [1.165, 1.54) is 12.1 Å². The van der Waals surface area contributed by atoms with E-state index in [9.17, 15) is 9.50 Å². The minimum Gasteiger partial charge on any atom is -0.390 e. The van der Waals surface area contributed by atoms with Crippen LogP contribution in [0.5, 0.6) is 0 Å². The molecule has 0 saturated carbocycles. The zero-order valence-corrected chi connectivity index (χ0v) is 12.9. The molecule has 1 aliphatic heterocycles. The second-order valence-electron chi connectivity index (χ2n) is 5.36. The van der Waals surface area contributed by atoms with Crippen LogP contribution in [0.4, 0.5) is 4.39 Å². The van der Waals surface area contributed by atoms with Crippen molar-refractivity contribution in [2.45, 2.75) is 19.1 Å². The monoisotopic (exact) mass is 316 g/mol. The van der Waals surface area contributed by atoms with Crippen LogP contribution in [-0.2, 0) is 4.74 Å². The molecule has 0 aromatic heterocycles. The molecule has 21 heavy (non-hydrogen) atoms. The van der Waals surface area contributed by atoms with E-state index in [2.05, 4.69) is 10.2 Å². The van der Waals surface area contributed by atoms with E-state index in [1.54, 1.807) is 6.07 Å². The van der Waals surface area contributed by atoms with Crippen LogP contribution in [0.1, 0.15) is 18.5 Å². The van der Waals surface area contributed by atoms with Crippen molar-refractivity contribution in [3.05, 3.63) is 34.6 Å². The first-order valence-corrected chi connectivity index (χ1v) is 7.60. The number of hydrogen-bond donors (Lipinski definition) is 2. The van der Waals surface area contributed by atoms with Gasteiger partial charge in [0.2, 0.25) is 0 Å². The Morgan fingerprint density at radius 1 is 1.43 bits per heavy atom. The lowest BCUT2D eigenvalue weighted by Crippen LogP contribution is -2.44. The smallest absolute Gasteiger partial charge is 0.124 e. The van der Waals surface area contributed by atoms with Crippen molar-refractivity contribution in [1.82, 2.24) is 10.2 Å². The molecule has 0 amide bonds. The minimum atomic E-state index is -0.454. The Morgan fingerprint density at radius 2 is 2.14 bits per heavy atom. The fourth-order valence-corrected chi connectivity index (χ4v) is 2.75. The molecule has 0 bridgehead atoms. The van der Waals surface area contributed by atoms with Gasteiger partial charge in [-0.25, -0.2) is 4.39 Å². The number of nitrogens with one attached hydrogen (secondary N) is 1. The molecule has 0 aliphatic carbocycles. The van der Waals surface area contributed by atoms with Crippen molar-refractivity contribution in [2.75, 3.05) is 39.4 Å². The molecule has 1 heterocycles. The number of halogens is 2. The predicted molar refractivity (Wildman–Crippen MR) is 81.1 cm³/mol. The standard InChI is InChI=1S/C15H22ClFN2O2/c1-11(14-3-2-12(17)8-15(14)16)18-9-13(20)10-19-4-6-21-7-5-19/h2-3,8,11,13,18,20H,4-7,9-10H2,1H3. The summed E-state index contributed by atoms with van der Waals surface area (Å²) in [6.45, 7) is 6.20. The first-order chi connectivity index (χ1) is 10.1. The van der Waals surface area contributed by atoms with Crippen LogP contribution < -0.4 is 5.32 Å². The van der Waals surface area contributed by atoms with Gasteiger partial charge in [0.05, 0.1) is 19.3 Å². The van der Waals surface area contributed by atoms with E-state index >= 15 is 0 Å². The highest BCUT2D eigenvalue weighted by atomic mass is 35.5. The van der Waals surface area contributed by atoms with Crippen LogP contribution >= 0.6 is 11.6 Å². The van der Waals surface area contributed by atoms with Gasteiger partial charge in [-0.15, -0.1) is 0 Å². The topological polar surface area (TPSA) is 44.7 Å². The van der Waals surface area contributed by atoms with Crippen molar-refractivity contribution in [3.8, 4) is 0 Å². The van der Waals surface area contributed by atoms with E-state index < -0.39 is 6.10 Å². The summed E-state index contributed by atoms with van der Waals surface area (Å²) in [6, 6.07) is 4.32. The van der Waals surface area contributed by atoms with Gasteiger partial charge in [0.15, 0.2) is 0 Å². The summed E-state index contributed by atoms with van der Waals surface area (Å²) in [5, 5.41) is 13.7. The number of hydrogen-bond acceptors (Lipinski definition) is 4. The number of morpholine rings is 1. The number of rotatable bonds is 6. The third-order valence-corrected chi connectivity index (χ3v) is 3.99. The zero-order valence-electron chi connectivity index (χ0n) is 12.2. The van der Waals surface area contributed by atoms with Gasteiger partial charge in [-0.1, -0.05) is 17.7 Å². The number of ether oxygens (including phenoxy) is 1. The number of benzene rings is 1. The van der Waals surface area contributed by atoms with Gasteiger partial charge >= 0.3 is 0 Å². The molecule has 1 saturated heterocycles. The molecule has 1 fully saturated rings. The summed E-state index contributed by atoms with van der Waals surface area (Å²) >= 11 is 6.03. The van der Waals surface area contributed by atoms with Crippen LogP contribution in [-0.4, -0.2) is 55.5 Å². The number of β-amino-alcohol motifs (C(OH)–C–C–N with tert-alkyl or cyclic N) is 1. The summed E-state index contributed by atoms with van der Waals surface area (Å²) in [6.07, 6.45) is -0.454. The van der Waals surface area contributed by atoms with Crippen LogP contribution in [0, 0.1) is 5.82 Å². The zero-order chi connectivity index (χ0) is 15.2. The highest BCUT2D eigenvalue weighted by molar-refractivity contribution is 6.31. The minimum absolute atomic E-state index is 0.0440. The lowest BCUT2D eigenvalue weighted by Gasteiger charge is -2.29. The molecule has 1 aromatic rings. The van der Waals surface area contributed by atoms with E-state index in [-0.39, 0.29) is 11.9 Å². The molecule has 2 N–H and O–H groups in total. The number of aliphatic hydroxyl groups is 1. The number of nitrogens with zero attached hydrogens (tertiary/aromatic N) is 1. The molecule has 2 atom stereocenters. The molecule has 0 spiro atoms. The van der Waals surface area contributed by atoms with Crippen molar-refractivity contribution in [1.29, 1.82) is 0 Å². The lowest BCUT2D eigenvalue weighted by atomic mass is 10.1. The van der Waals surface area contributed by atoms with Gasteiger partial charge in [0.1, 0.15) is 5.82 Å². The summed E-state index contributed by atoms with van der Waals surface area (Å²) in [7, 11) is 0. The molecule has 1 aliphatic rings. The van der Waals surface area contributed by atoms with Crippen molar-refractivity contribution < 1.29 is 14.2 Å². The average molecular weight is 317 g/mol. The van der Waals surface area contributed by atoms with E-state index in [4.69, 9.17) is 16.3 Å². The van der Waals surface area contributed by atoms with Crippen LogP contribution in [0.2, 0.25) is 5.02 Å². The number of aliphatic hydroxyl groups excluding tert-OH is 1. The fourth-order valence-electron chi connectivity index (χ4n) is 2.42. The van der Waals surface area contributed by atoms with E-state index in [1.807, 2.05) is 6.92 Å². The third kappa shape index (κ3) is 5.20. The normalized spacial score (nSPS) is 19.4. The maximum atomic E-state index is 13.0. The first-order valence-electron chi connectivity index (χ1n) is 7.22. The Bertz CT molecular complexity index is 455. The SMILES string of the molecule is CC(NCC(O)CN1CCOCC1)c1ccc(F)cc1Cl. The molecular weight excluding hydrogens is 295 g/mol. The van der Waals surface area contributed by atoms with Crippen molar-refractivity contribution in [3.63, 3.8) is 0 Å². The molecule has 1 aromatic carbocycles. The molecule has 6 heteroatoms. The lowest BCUT2D eigenvalue weighted by molar-refractivity contribution is 0.0145. The largest absolute Gasteiger partial charge is 0.390 e. The van der Waals surface area contributed by atoms with Gasteiger partial charge in [-0.05, 0) is 24.6 Å². The first kappa shape index (κ1) is 16.6. The second kappa shape index (κ2) is 8.06. The van der Waals surface area contributed by atoms with Crippen molar-refractivity contribution in [2.24, 2.45) is 0 Å². The highest BCUT2D eigenvalue weighted by Gasteiger charge is 2.16. The molecular formula is C15H22ClFN2O2. The maximum Gasteiger partial charge on any atom is 0.124 e. The Balaban J connectivity index is 1.78. The maximum absolute atomic E-state index is 13.0. The van der Waals surface area contributed by atoms with Crippen LogP contribution in [0.15, 0.2) is 18.2 Å². The molecule has 2 rings (SSSR count). The average Bonchev–Trinajstić information content (AvgIpc) is 2.46.